The minimum atomic E-state index is -3.68. The molecule has 25 heavy (non-hydrogen) atoms. The molecule has 0 saturated heterocycles. The van der Waals surface area contributed by atoms with Crippen molar-refractivity contribution in [1.82, 2.24) is 4.72 Å². The van der Waals surface area contributed by atoms with Crippen LogP contribution in [0.5, 0.6) is 17.2 Å². The summed E-state index contributed by atoms with van der Waals surface area (Å²) >= 11 is 0. The van der Waals surface area contributed by atoms with Crippen molar-refractivity contribution in [3.05, 3.63) is 48.0 Å². The van der Waals surface area contributed by atoms with Crippen molar-refractivity contribution in [3.63, 3.8) is 0 Å². The van der Waals surface area contributed by atoms with Gasteiger partial charge in [-0.3, -0.25) is 0 Å². The first-order chi connectivity index (χ1) is 12.0. The van der Waals surface area contributed by atoms with Crippen LogP contribution in [0, 0.1) is 0 Å². The second-order valence-electron chi connectivity index (χ2n) is 5.65. The molecule has 1 atom stereocenters. The molecule has 134 valence electrons. The van der Waals surface area contributed by atoms with Crippen molar-refractivity contribution >= 4 is 10.0 Å². The van der Waals surface area contributed by atoms with Crippen LogP contribution in [0.4, 0.5) is 0 Å². The maximum absolute atomic E-state index is 12.6. The predicted molar refractivity (Wildman–Crippen MR) is 93.8 cm³/mol. The highest BCUT2D eigenvalue weighted by Crippen LogP contribution is 2.32. The molecule has 1 aliphatic heterocycles. The van der Waals surface area contributed by atoms with Crippen LogP contribution in [-0.4, -0.2) is 28.2 Å². The zero-order chi connectivity index (χ0) is 17.9. The van der Waals surface area contributed by atoms with E-state index in [4.69, 9.17) is 14.2 Å². The van der Waals surface area contributed by atoms with E-state index >= 15 is 0 Å². The second-order valence-corrected chi connectivity index (χ2v) is 7.36. The van der Waals surface area contributed by atoms with Gasteiger partial charge in [-0.1, -0.05) is 12.1 Å². The number of sulfonamides is 1. The van der Waals surface area contributed by atoms with Crippen LogP contribution in [0.25, 0.3) is 0 Å². The lowest BCUT2D eigenvalue weighted by Crippen LogP contribution is -2.27. The summed E-state index contributed by atoms with van der Waals surface area (Å²) in [6.07, 6.45) is 0. The van der Waals surface area contributed by atoms with E-state index in [0.29, 0.717) is 31.3 Å². The summed E-state index contributed by atoms with van der Waals surface area (Å²) in [5.74, 6) is 1.76. The van der Waals surface area contributed by atoms with Crippen LogP contribution in [-0.2, 0) is 10.0 Å². The molecule has 0 bridgehead atoms. The summed E-state index contributed by atoms with van der Waals surface area (Å²) in [4.78, 5) is 0.148. The third kappa shape index (κ3) is 4.05. The first kappa shape index (κ1) is 17.6. The monoisotopic (exact) mass is 363 g/mol. The van der Waals surface area contributed by atoms with E-state index in [9.17, 15) is 8.42 Å². The standard InChI is InChI=1S/C18H21NO5S/c1-3-22-15-6-4-14(5-7-15)13(2)19-25(20,21)16-8-9-17-18(12-16)24-11-10-23-17/h4-9,12-13,19H,3,10-11H2,1-2H3/t13-/m0/s1. The molecule has 0 saturated carbocycles. The van der Waals surface area contributed by atoms with Crippen LogP contribution in [0.15, 0.2) is 47.4 Å². The van der Waals surface area contributed by atoms with Crippen LogP contribution >= 0.6 is 0 Å². The molecule has 6 nitrogen and oxygen atoms in total. The Morgan fingerprint density at radius 2 is 1.76 bits per heavy atom. The van der Waals surface area contributed by atoms with E-state index in [-0.39, 0.29) is 10.9 Å². The van der Waals surface area contributed by atoms with E-state index < -0.39 is 10.0 Å². The van der Waals surface area contributed by atoms with Crippen molar-refractivity contribution in [1.29, 1.82) is 0 Å². The molecule has 0 unspecified atom stereocenters. The Balaban J connectivity index is 1.76. The zero-order valence-electron chi connectivity index (χ0n) is 14.2. The van der Waals surface area contributed by atoms with Crippen molar-refractivity contribution in [3.8, 4) is 17.2 Å². The molecule has 2 aromatic carbocycles. The molecule has 1 N–H and O–H groups in total. The molecular formula is C18H21NO5S. The summed E-state index contributed by atoms with van der Waals surface area (Å²) in [5, 5.41) is 0. The van der Waals surface area contributed by atoms with Gasteiger partial charge in [-0.25, -0.2) is 13.1 Å². The summed E-state index contributed by atoms with van der Waals surface area (Å²) in [7, 11) is -3.68. The van der Waals surface area contributed by atoms with Gasteiger partial charge < -0.3 is 14.2 Å². The summed E-state index contributed by atoms with van der Waals surface area (Å²) in [6, 6.07) is 11.6. The van der Waals surface area contributed by atoms with Gasteiger partial charge in [0.25, 0.3) is 0 Å². The Labute approximate surface area is 147 Å². The highest BCUT2D eigenvalue weighted by molar-refractivity contribution is 7.89. The van der Waals surface area contributed by atoms with Crippen LogP contribution in [0.1, 0.15) is 25.5 Å². The van der Waals surface area contributed by atoms with Crippen LogP contribution in [0.3, 0.4) is 0 Å². The molecule has 1 aliphatic rings. The topological polar surface area (TPSA) is 73.9 Å². The summed E-state index contributed by atoms with van der Waals surface area (Å²) in [6.45, 7) is 5.17. The van der Waals surface area contributed by atoms with Gasteiger partial charge in [-0.2, -0.15) is 0 Å². The molecule has 0 aliphatic carbocycles. The molecule has 0 fully saturated rings. The van der Waals surface area contributed by atoms with Crippen molar-refractivity contribution in [2.24, 2.45) is 0 Å². The second kappa shape index (κ2) is 7.33. The minimum Gasteiger partial charge on any atom is -0.494 e. The lowest BCUT2D eigenvalue weighted by Gasteiger charge is -2.20. The van der Waals surface area contributed by atoms with Gasteiger partial charge in [-0.05, 0) is 43.7 Å². The maximum Gasteiger partial charge on any atom is 0.241 e. The fourth-order valence-corrected chi connectivity index (χ4v) is 3.83. The molecule has 0 amide bonds. The molecule has 1 heterocycles. The highest BCUT2D eigenvalue weighted by Gasteiger charge is 2.21. The fraction of sp³-hybridized carbons (Fsp3) is 0.333. The molecule has 2 aromatic rings. The number of fused-ring (bicyclic) bond motifs is 1. The first-order valence-corrected chi connectivity index (χ1v) is 9.62. The Kier molecular flexibility index (Phi) is 5.15. The number of rotatable bonds is 6. The van der Waals surface area contributed by atoms with Gasteiger partial charge in [0.1, 0.15) is 19.0 Å². The zero-order valence-corrected chi connectivity index (χ0v) is 15.0. The summed E-state index contributed by atoms with van der Waals surface area (Å²) in [5.41, 5.74) is 0.851. The quantitative estimate of drug-likeness (QED) is 0.854. The van der Waals surface area contributed by atoms with E-state index in [1.807, 2.05) is 31.2 Å². The SMILES string of the molecule is CCOc1ccc([C@H](C)NS(=O)(=O)c2ccc3c(c2)OCCO3)cc1. The third-order valence-corrected chi connectivity index (χ3v) is 5.39. The number of hydrogen-bond donors (Lipinski definition) is 1. The largest absolute Gasteiger partial charge is 0.494 e. The van der Waals surface area contributed by atoms with Gasteiger partial charge >= 0.3 is 0 Å². The third-order valence-electron chi connectivity index (χ3n) is 3.85. The number of benzene rings is 2. The van der Waals surface area contributed by atoms with Gasteiger partial charge in [0.15, 0.2) is 11.5 Å². The Morgan fingerprint density at radius 3 is 2.44 bits per heavy atom. The van der Waals surface area contributed by atoms with Crippen molar-refractivity contribution in [2.75, 3.05) is 19.8 Å². The van der Waals surface area contributed by atoms with E-state index in [1.54, 1.807) is 13.0 Å². The Bertz CT molecular complexity index is 833. The number of nitrogens with one attached hydrogen (secondary N) is 1. The van der Waals surface area contributed by atoms with E-state index in [1.165, 1.54) is 12.1 Å². The minimum absolute atomic E-state index is 0.148. The molecule has 0 aromatic heterocycles. The average Bonchev–Trinajstić information content (AvgIpc) is 2.62. The van der Waals surface area contributed by atoms with Gasteiger partial charge in [0.2, 0.25) is 10.0 Å². The highest BCUT2D eigenvalue weighted by atomic mass is 32.2. The predicted octanol–water partition coefficient (Wildman–Crippen LogP) is 2.90. The van der Waals surface area contributed by atoms with Crippen LogP contribution < -0.4 is 18.9 Å². The Morgan fingerprint density at radius 1 is 1.08 bits per heavy atom. The molecule has 3 rings (SSSR count). The van der Waals surface area contributed by atoms with Gasteiger partial charge in [0, 0.05) is 12.1 Å². The van der Waals surface area contributed by atoms with Crippen molar-refractivity contribution in [2.45, 2.75) is 24.8 Å². The first-order valence-electron chi connectivity index (χ1n) is 8.14. The van der Waals surface area contributed by atoms with Gasteiger partial charge in [-0.15, -0.1) is 0 Å². The van der Waals surface area contributed by atoms with Crippen LogP contribution in [0.2, 0.25) is 0 Å². The smallest absolute Gasteiger partial charge is 0.241 e. The fourth-order valence-electron chi connectivity index (χ4n) is 2.58. The molecule has 0 radical (unpaired) electrons. The summed E-state index contributed by atoms with van der Waals surface area (Å²) < 4.78 is 44.2. The van der Waals surface area contributed by atoms with Gasteiger partial charge in [0.05, 0.1) is 11.5 Å². The Hall–Kier alpha value is -2.25. The molecule has 0 spiro atoms. The van der Waals surface area contributed by atoms with E-state index in [0.717, 1.165) is 11.3 Å². The average molecular weight is 363 g/mol. The lowest BCUT2D eigenvalue weighted by atomic mass is 10.1. The van der Waals surface area contributed by atoms with E-state index in [2.05, 4.69) is 4.72 Å². The normalized spacial score (nSPS) is 14.8. The molecule has 7 heteroatoms. The lowest BCUT2D eigenvalue weighted by molar-refractivity contribution is 0.171. The number of hydrogen-bond acceptors (Lipinski definition) is 5. The number of ether oxygens (including phenoxy) is 3. The maximum atomic E-state index is 12.6. The molecular weight excluding hydrogens is 342 g/mol. The van der Waals surface area contributed by atoms with Crippen molar-refractivity contribution < 1.29 is 22.6 Å².